The van der Waals surface area contributed by atoms with Crippen LogP contribution in [0.3, 0.4) is 0 Å². The van der Waals surface area contributed by atoms with E-state index in [-0.39, 0.29) is 5.41 Å². The number of fused-ring (bicyclic) bond motifs is 1. The molecule has 0 amide bonds. The molecule has 2 heterocycles. The van der Waals surface area contributed by atoms with Crippen LogP contribution in [-0.2, 0) is 5.41 Å². The smallest absolute Gasteiger partial charge is 0.122 e. The van der Waals surface area contributed by atoms with Crippen LogP contribution in [0.2, 0.25) is 0 Å². The molecule has 0 aromatic carbocycles. The molecule has 1 aromatic heterocycles. The summed E-state index contributed by atoms with van der Waals surface area (Å²) in [5.41, 5.74) is 1.35. The van der Waals surface area contributed by atoms with Crippen molar-refractivity contribution in [2.24, 2.45) is 0 Å². The molecule has 0 radical (unpaired) electrons. The van der Waals surface area contributed by atoms with Crippen molar-refractivity contribution in [2.45, 2.75) is 32.1 Å². The summed E-state index contributed by atoms with van der Waals surface area (Å²) in [5, 5.41) is 11.8. The van der Waals surface area contributed by atoms with Gasteiger partial charge in [0, 0.05) is 18.0 Å². The largest absolute Gasteiger partial charge is 0.287 e. The molecule has 1 aliphatic heterocycles. The SMILES string of the molecule is CC1(C)CCC(=N)n2nccc21. The first-order chi connectivity index (χ1) is 5.61. The van der Waals surface area contributed by atoms with Crippen LogP contribution in [0, 0.1) is 5.41 Å². The predicted octanol–water partition coefficient (Wildman–Crippen LogP) is 1.78. The number of rotatable bonds is 0. The van der Waals surface area contributed by atoms with Gasteiger partial charge in [-0.05, 0) is 12.5 Å². The maximum absolute atomic E-state index is 7.66. The number of nitrogens with zero attached hydrogens (tertiary/aromatic N) is 2. The van der Waals surface area contributed by atoms with Crippen LogP contribution in [0.25, 0.3) is 0 Å². The molecule has 3 nitrogen and oxygen atoms in total. The second kappa shape index (κ2) is 2.19. The lowest BCUT2D eigenvalue weighted by Gasteiger charge is -2.30. The van der Waals surface area contributed by atoms with Crippen molar-refractivity contribution in [1.82, 2.24) is 9.78 Å². The molecule has 0 fully saturated rings. The van der Waals surface area contributed by atoms with Gasteiger partial charge < -0.3 is 0 Å². The van der Waals surface area contributed by atoms with Crippen LogP contribution in [0.15, 0.2) is 12.3 Å². The quantitative estimate of drug-likeness (QED) is 0.622. The third-order valence-electron chi connectivity index (χ3n) is 2.58. The van der Waals surface area contributed by atoms with E-state index in [0.29, 0.717) is 5.84 Å². The van der Waals surface area contributed by atoms with Gasteiger partial charge in [0.05, 0.1) is 5.69 Å². The van der Waals surface area contributed by atoms with Gasteiger partial charge in [0.25, 0.3) is 0 Å². The Hall–Kier alpha value is -1.12. The maximum atomic E-state index is 7.66. The fraction of sp³-hybridized carbons (Fsp3) is 0.556. The Morgan fingerprint density at radius 1 is 1.58 bits per heavy atom. The minimum atomic E-state index is 0.182. The summed E-state index contributed by atoms with van der Waals surface area (Å²) in [5.74, 6) is 0.620. The first-order valence-electron chi connectivity index (χ1n) is 4.23. The summed E-state index contributed by atoms with van der Waals surface area (Å²) in [7, 11) is 0. The Balaban J connectivity index is 2.57. The highest BCUT2D eigenvalue weighted by Gasteiger charge is 2.30. The fourth-order valence-corrected chi connectivity index (χ4v) is 1.70. The van der Waals surface area contributed by atoms with E-state index < -0.39 is 0 Å². The Morgan fingerprint density at radius 2 is 2.33 bits per heavy atom. The average molecular weight is 163 g/mol. The van der Waals surface area contributed by atoms with Crippen molar-refractivity contribution in [1.29, 1.82) is 5.41 Å². The molecule has 12 heavy (non-hydrogen) atoms. The van der Waals surface area contributed by atoms with E-state index in [9.17, 15) is 0 Å². The monoisotopic (exact) mass is 163 g/mol. The molecule has 0 saturated heterocycles. The summed E-state index contributed by atoms with van der Waals surface area (Å²) in [4.78, 5) is 0. The van der Waals surface area contributed by atoms with Gasteiger partial charge in [0.1, 0.15) is 5.84 Å². The fourth-order valence-electron chi connectivity index (χ4n) is 1.70. The van der Waals surface area contributed by atoms with Crippen LogP contribution < -0.4 is 0 Å². The van der Waals surface area contributed by atoms with Crippen molar-refractivity contribution in [3.63, 3.8) is 0 Å². The lowest BCUT2D eigenvalue weighted by Crippen LogP contribution is -2.32. The van der Waals surface area contributed by atoms with E-state index >= 15 is 0 Å². The third-order valence-corrected chi connectivity index (χ3v) is 2.58. The minimum absolute atomic E-state index is 0.182. The van der Waals surface area contributed by atoms with Crippen LogP contribution >= 0.6 is 0 Å². The standard InChI is InChI=1S/C9H13N3/c1-9(2)5-3-8(10)12-7(9)4-6-11-12/h4,6,10H,3,5H2,1-2H3. The number of nitrogens with one attached hydrogen (secondary N) is 1. The molecule has 64 valence electrons. The first kappa shape index (κ1) is 7.53. The van der Waals surface area contributed by atoms with Crippen molar-refractivity contribution in [3.05, 3.63) is 18.0 Å². The highest BCUT2D eigenvalue weighted by Crippen LogP contribution is 2.31. The average Bonchev–Trinajstić information content (AvgIpc) is 2.46. The Labute approximate surface area is 71.9 Å². The molecule has 0 saturated carbocycles. The van der Waals surface area contributed by atoms with E-state index in [1.165, 1.54) is 5.69 Å². The van der Waals surface area contributed by atoms with Gasteiger partial charge in [-0.15, -0.1) is 0 Å². The molecule has 0 atom stereocenters. The second-order valence-corrected chi connectivity index (χ2v) is 3.96. The molecule has 1 N–H and O–H groups in total. The van der Waals surface area contributed by atoms with Crippen molar-refractivity contribution in [2.75, 3.05) is 0 Å². The van der Waals surface area contributed by atoms with Crippen molar-refractivity contribution in [3.8, 4) is 0 Å². The van der Waals surface area contributed by atoms with E-state index in [4.69, 9.17) is 5.41 Å². The van der Waals surface area contributed by atoms with Gasteiger partial charge >= 0.3 is 0 Å². The molecule has 0 unspecified atom stereocenters. The maximum Gasteiger partial charge on any atom is 0.122 e. The van der Waals surface area contributed by atoms with Crippen LogP contribution in [-0.4, -0.2) is 15.6 Å². The molecule has 0 bridgehead atoms. The number of hydrogen-bond donors (Lipinski definition) is 1. The van der Waals surface area contributed by atoms with Gasteiger partial charge in [0.2, 0.25) is 0 Å². The van der Waals surface area contributed by atoms with Crippen molar-refractivity contribution < 1.29 is 0 Å². The molecule has 2 rings (SSSR count). The molecule has 3 heteroatoms. The number of aromatic nitrogens is 2. The van der Waals surface area contributed by atoms with Crippen molar-refractivity contribution >= 4 is 5.84 Å². The Kier molecular flexibility index (Phi) is 1.37. The lowest BCUT2D eigenvalue weighted by atomic mass is 9.82. The molecular formula is C9H13N3. The summed E-state index contributed by atoms with van der Waals surface area (Å²) in [6, 6.07) is 2.01. The summed E-state index contributed by atoms with van der Waals surface area (Å²) >= 11 is 0. The summed E-state index contributed by atoms with van der Waals surface area (Å²) in [6.07, 6.45) is 3.66. The molecule has 0 aliphatic carbocycles. The van der Waals surface area contributed by atoms with E-state index in [1.54, 1.807) is 10.9 Å². The van der Waals surface area contributed by atoms with E-state index in [2.05, 4.69) is 18.9 Å². The highest BCUT2D eigenvalue weighted by atomic mass is 15.3. The zero-order valence-corrected chi connectivity index (χ0v) is 7.46. The zero-order valence-electron chi connectivity index (χ0n) is 7.46. The number of hydrogen-bond acceptors (Lipinski definition) is 2. The van der Waals surface area contributed by atoms with Gasteiger partial charge in [-0.3, -0.25) is 5.41 Å². The predicted molar refractivity (Wildman–Crippen MR) is 47.6 cm³/mol. The molecule has 0 spiro atoms. The third kappa shape index (κ3) is 0.891. The van der Waals surface area contributed by atoms with Crippen LogP contribution in [0.1, 0.15) is 32.4 Å². The van der Waals surface area contributed by atoms with E-state index in [0.717, 1.165) is 12.8 Å². The molecular weight excluding hydrogens is 150 g/mol. The lowest BCUT2D eigenvalue weighted by molar-refractivity contribution is 0.438. The summed E-state index contributed by atoms with van der Waals surface area (Å²) in [6.45, 7) is 4.40. The molecule has 1 aliphatic rings. The highest BCUT2D eigenvalue weighted by molar-refractivity contribution is 5.82. The minimum Gasteiger partial charge on any atom is -0.287 e. The Morgan fingerprint density at radius 3 is 3.00 bits per heavy atom. The van der Waals surface area contributed by atoms with Gasteiger partial charge in [-0.1, -0.05) is 13.8 Å². The van der Waals surface area contributed by atoms with E-state index in [1.807, 2.05) is 6.07 Å². The Bertz CT molecular complexity index is 322. The normalized spacial score (nSPS) is 20.7. The summed E-state index contributed by atoms with van der Waals surface area (Å²) < 4.78 is 1.75. The zero-order chi connectivity index (χ0) is 8.77. The second-order valence-electron chi connectivity index (χ2n) is 3.96. The first-order valence-corrected chi connectivity index (χ1v) is 4.23. The topological polar surface area (TPSA) is 41.7 Å². The van der Waals surface area contributed by atoms with Crippen LogP contribution in [0.4, 0.5) is 0 Å². The molecule has 1 aromatic rings. The van der Waals surface area contributed by atoms with Gasteiger partial charge in [-0.25, -0.2) is 4.68 Å². The van der Waals surface area contributed by atoms with Gasteiger partial charge in [-0.2, -0.15) is 5.10 Å². The van der Waals surface area contributed by atoms with Crippen LogP contribution in [0.5, 0.6) is 0 Å². The van der Waals surface area contributed by atoms with Gasteiger partial charge in [0.15, 0.2) is 0 Å².